The van der Waals surface area contributed by atoms with Gasteiger partial charge >= 0.3 is 5.97 Å². The average Bonchev–Trinajstić information content (AvgIpc) is 2.71. The van der Waals surface area contributed by atoms with E-state index in [4.69, 9.17) is 0 Å². The molecular formula is C13H24N2O3. The van der Waals surface area contributed by atoms with Crippen LogP contribution in [0.2, 0.25) is 0 Å². The third kappa shape index (κ3) is 3.02. The van der Waals surface area contributed by atoms with Gasteiger partial charge in [-0.1, -0.05) is 27.2 Å². The third-order valence-corrected chi connectivity index (χ3v) is 3.51. The summed E-state index contributed by atoms with van der Waals surface area (Å²) in [5.74, 6) is -0.961. The Morgan fingerprint density at radius 3 is 2.61 bits per heavy atom. The standard InChI is InChI=1S/C13H24N2O3/c1-4-6-13(12(17)18)7-5-8-15(13)11(16)9-14-10(2)3/h10,14H,4-9H2,1-3H3,(H,17,18). The number of amides is 1. The van der Waals surface area contributed by atoms with E-state index in [-0.39, 0.29) is 18.5 Å². The number of likely N-dealkylation sites (tertiary alicyclic amines) is 1. The second kappa shape index (κ2) is 6.18. The van der Waals surface area contributed by atoms with Gasteiger partial charge in [-0.15, -0.1) is 0 Å². The predicted molar refractivity (Wildman–Crippen MR) is 69.4 cm³/mol. The number of nitrogens with one attached hydrogen (secondary N) is 1. The number of carboxylic acid groups (broad SMARTS) is 1. The van der Waals surface area contributed by atoms with Gasteiger partial charge in [0.25, 0.3) is 0 Å². The fourth-order valence-corrected chi connectivity index (χ4v) is 2.63. The molecule has 1 heterocycles. The van der Waals surface area contributed by atoms with Gasteiger partial charge in [-0.05, 0) is 19.3 Å². The highest BCUT2D eigenvalue weighted by Crippen LogP contribution is 2.33. The molecule has 5 nitrogen and oxygen atoms in total. The van der Waals surface area contributed by atoms with Crippen LogP contribution in [0.5, 0.6) is 0 Å². The first-order valence-corrected chi connectivity index (χ1v) is 6.71. The van der Waals surface area contributed by atoms with E-state index in [1.165, 1.54) is 0 Å². The lowest BCUT2D eigenvalue weighted by molar-refractivity contribution is -0.156. The topological polar surface area (TPSA) is 69.6 Å². The molecule has 5 heteroatoms. The van der Waals surface area contributed by atoms with Gasteiger partial charge in [0, 0.05) is 12.6 Å². The summed E-state index contributed by atoms with van der Waals surface area (Å²) in [5.41, 5.74) is -0.968. The molecule has 1 fully saturated rings. The predicted octanol–water partition coefficient (Wildman–Crippen LogP) is 1.23. The zero-order chi connectivity index (χ0) is 13.8. The van der Waals surface area contributed by atoms with Crippen LogP contribution in [-0.2, 0) is 9.59 Å². The lowest BCUT2D eigenvalue weighted by Crippen LogP contribution is -2.55. The second-order valence-corrected chi connectivity index (χ2v) is 5.27. The van der Waals surface area contributed by atoms with E-state index in [0.717, 1.165) is 12.8 Å². The van der Waals surface area contributed by atoms with Crippen LogP contribution < -0.4 is 5.32 Å². The number of hydrogen-bond donors (Lipinski definition) is 2. The van der Waals surface area contributed by atoms with Crippen molar-refractivity contribution in [2.24, 2.45) is 0 Å². The number of carboxylic acids is 1. The monoisotopic (exact) mass is 256 g/mol. The van der Waals surface area contributed by atoms with E-state index in [1.54, 1.807) is 4.90 Å². The van der Waals surface area contributed by atoms with Crippen LogP contribution in [0, 0.1) is 0 Å². The highest BCUT2D eigenvalue weighted by atomic mass is 16.4. The van der Waals surface area contributed by atoms with E-state index in [9.17, 15) is 14.7 Å². The Hall–Kier alpha value is -1.10. The zero-order valence-corrected chi connectivity index (χ0v) is 11.5. The first-order chi connectivity index (χ1) is 8.44. The SMILES string of the molecule is CCCC1(C(=O)O)CCCN1C(=O)CNC(C)C. The second-order valence-electron chi connectivity index (χ2n) is 5.27. The van der Waals surface area contributed by atoms with Crippen molar-refractivity contribution < 1.29 is 14.7 Å². The normalized spacial score (nSPS) is 23.7. The molecule has 0 saturated carbocycles. The fraction of sp³-hybridized carbons (Fsp3) is 0.846. The molecule has 0 bridgehead atoms. The van der Waals surface area contributed by atoms with Gasteiger partial charge in [0.1, 0.15) is 5.54 Å². The van der Waals surface area contributed by atoms with E-state index in [0.29, 0.717) is 19.4 Å². The Kier molecular flexibility index (Phi) is 5.14. The van der Waals surface area contributed by atoms with Gasteiger partial charge in [0.05, 0.1) is 6.54 Å². The van der Waals surface area contributed by atoms with E-state index < -0.39 is 11.5 Å². The molecule has 18 heavy (non-hydrogen) atoms. The summed E-state index contributed by atoms with van der Waals surface area (Å²) in [6, 6.07) is 0.224. The van der Waals surface area contributed by atoms with Crippen LogP contribution in [-0.4, -0.2) is 46.6 Å². The minimum atomic E-state index is -0.968. The van der Waals surface area contributed by atoms with Crippen molar-refractivity contribution in [3.05, 3.63) is 0 Å². The molecule has 104 valence electrons. The smallest absolute Gasteiger partial charge is 0.329 e. The molecule has 0 radical (unpaired) electrons. The number of hydrogen-bond acceptors (Lipinski definition) is 3. The van der Waals surface area contributed by atoms with Gasteiger partial charge in [0.15, 0.2) is 0 Å². The summed E-state index contributed by atoms with van der Waals surface area (Å²) in [7, 11) is 0. The molecule has 1 amide bonds. The van der Waals surface area contributed by atoms with Gasteiger partial charge in [-0.3, -0.25) is 4.79 Å². The van der Waals surface area contributed by atoms with Crippen LogP contribution in [0.4, 0.5) is 0 Å². The van der Waals surface area contributed by atoms with Crippen LogP contribution in [0.3, 0.4) is 0 Å². The Labute approximate surface area is 109 Å². The average molecular weight is 256 g/mol. The number of rotatable bonds is 6. The Morgan fingerprint density at radius 1 is 1.44 bits per heavy atom. The maximum atomic E-state index is 12.1. The van der Waals surface area contributed by atoms with Crippen LogP contribution in [0.15, 0.2) is 0 Å². The molecule has 1 rings (SSSR count). The number of nitrogens with zero attached hydrogens (tertiary/aromatic N) is 1. The molecule has 0 aromatic rings. The summed E-state index contributed by atoms with van der Waals surface area (Å²) in [5, 5.41) is 12.5. The molecule has 1 aliphatic rings. The summed E-state index contributed by atoms with van der Waals surface area (Å²) >= 11 is 0. The van der Waals surface area contributed by atoms with Gasteiger partial charge in [-0.25, -0.2) is 4.79 Å². The number of carbonyl (C=O) groups excluding carboxylic acids is 1. The van der Waals surface area contributed by atoms with Crippen molar-refractivity contribution in [1.82, 2.24) is 10.2 Å². The minimum Gasteiger partial charge on any atom is -0.479 e. The molecule has 2 N–H and O–H groups in total. The summed E-state index contributed by atoms with van der Waals surface area (Å²) in [4.78, 5) is 25.3. The number of aliphatic carboxylic acids is 1. The molecule has 0 aromatic carbocycles. The van der Waals surface area contributed by atoms with Crippen LogP contribution in [0.25, 0.3) is 0 Å². The van der Waals surface area contributed by atoms with E-state index in [1.807, 2.05) is 20.8 Å². The van der Waals surface area contributed by atoms with Gasteiger partial charge in [-0.2, -0.15) is 0 Å². The zero-order valence-electron chi connectivity index (χ0n) is 11.5. The molecule has 1 saturated heterocycles. The molecule has 1 atom stereocenters. The Balaban J connectivity index is 2.78. The third-order valence-electron chi connectivity index (χ3n) is 3.51. The van der Waals surface area contributed by atoms with Crippen molar-refractivity contribution in [2.45, 2.75) is 58.0 Å². The van der Waals surface area contributed by atoms with Crippen LogP contribution >= 0.6 is 0 Å². The Morgan fingerprint density at radius 2 is 2.11 bits per heavy atom. The first-order valence-electron chi connectivity index (χ1n) is 6.71. The van der Waals surface area contributed by atoms with Gasteiger partial charge < -0.3 is 15.3 Å². The highest BCUT2D eigenvalue weighted by Gasteiger charge is 2.48. The molecule has 1 aliphatic heterocycles. The van der Waals surface area contributed by atoms with Crippen molar-refractivity contribution in [3.8, 4) is 0 Å². The Bertz CT molecular complexity index is 317. The fourth-order valence-electron chi connectivity index (χ4n) is 2.63. The van der Waals surface area contributed by atoms with Crippen LogP contribution in [0.1, 0.15) is 46.5 Å². The highest BCUT2D eigenvalue weighted by molar-refractivity contribution is 5.88. The van der Waals surface area contributed by atoms with Crippen molar-refractivity contribution in [1.29, 1.82) is 0 Å². The molecule has 0 aromatic heterocycles. The maximum absolute atomic E-state index is 12.1. The molecule has 1 unspecified atom stereocenters. The van der Waals surface area contributed by atoms with Crippen molar-refractivity contribution >= 4 is 11.9 Å². The van der Waals surface area contributed by atoms with Crippen molar-refractivity contribution in [2.75, 3.05) is 13.1 Å². The number of carbonyl (C=O) groups is 2. The summed E-state index contributed by atoms with van der Waals surface area (Å²) in [6.45, 7) is 6.67. The first kappa shape index (κ1) is 15.0. The summed E-state index contributed by atoms with van der Waals surface area (Å²) < 4.78 is 0. The minimum absolute atomic E-state index is 0.1000. The largest absolute Gasteiger partial charge is 0.479 e. The summed E-state index contributed by atoms with van der Waals surface area (Å²) in [6.07, 6.45) is 2.66. The van der Waals surface area contributed by atoms with E-state index in [2.05, 4.69) is 5.32 Å². The maximum Gasteiger partial charge on any atom is 0.329 e. The quantitative estimate of drug-likeness (QED) is 0.750. The van der Waals surface area contributed by atoms with Gasteiger partial charge in [0.2, 0.25) is 5.91 Å². The molecule has 0 aliphatic carbocycles. The lowest BCUT2D eigenvalue weighted by Gasteiger charge is -2.35. The lowest BCUT2D eigenvalue weighted by atomic mass is 9.90. The van der Waals surface area contributed by atoms with Crippen molar-refractivity contribution in [3.63, 3.8) is 0 Å². The molecule has 0 spiro atoms. The molecular weight excluding hydrogens is 232 g/mol. The van der Waals surface area contributed by atoms with E-state index >= 15 is 0 Å².